The number of allylic oxidation sites excluding steroid dienone is 4. The van der Waals surface area contributed by atoms with Gasteiger partial charge in [-0.3, -0.25) is 0 Å². The van der Waals surface area contributed by atoms with Crippen LogP contribution >= 0.6 is 0 Å². The van der Waals surface area contributed by atoms with Gasteiger partial charge in [-0.1, -0.05) is 44.1 Å². The third-order valence-corrected chi connectivity index (χ3v) is 2.36. The second kappa shape index (κ2) is 13.4. The van der Waals surface area contributed by atoms with Gasteiger partial charge in [0.1, 0.15) is 0 Å². The Labute approximate surface area is 94.9 Å². The van der Waals surface area contributed by atoms with Gasteiger partial charge < -0.3 is 5.11 Å². The van der Waals surface area contributed by atoms with Gasteiger partial charge >= 0.3 is 0 Å². The van der Waals surface area contributed by atoms with Gasteiger partial charge in [-0.05, 0) is 38.5 Å². The lowest BCUT2D eigenvalue weighted by atomic mass is 10.2. The van der Waals surface area contributed by atoms with E-state index in [1.54, 1.807) is 0 Å². The second-order valence-electron chi connectivity index (χ2n) is 3.89. The summed E-state index contributed by atoms with van der Waals surface area (Å²) in [5.74, 6) is 0. The summed E-state index contributed by atoms with van der Waals surface area (Å²) >= 11 is 0. The van der Waals surface area contributed by atoms with Gasteiger partial charge in [-0.2, -0.15) is 0 Å². The molecule has 0 aromatic carbocycles. The van der Waals surface area contributed by atoms with Gasteiger partial charge in [0.25, 0.3) is 0 Å². The van der Waals surface area contributed by atoms with Crippen LogP contribution in [0.5, 0.6) is 0 Å². The van der Waals surface area contributed by atoms with Crippen molar-refractivity contribution in [2.45, 2.75) is 58.3 Å². The Morgan fingerprint density at radius 3 is 1.93 bits per heavy atom. The first-order valence-electron chi connectivity index (χ1n) is 6.32. The van der Waals surface area contributed by atoms with Crippen LogP contribution in [-0.4, -0.2) is 11.7 Å². The Hall–Kier alpha value is -0.560. The molecule has 0 aromatic rings. The summed E-state index contributed by atoms with van der Waals surface area (Å²) in [4.78, 5) is 0. The fourth-order valence-corrected chi connectivity index (χ4v) is 1.39. The summed E-state index contributed by atoms with van der Waals surface area (Å²) in [6, 6.07) is 0. The Morgan fingerprint density at radius 1 is 0.800 bits per heavy atom. The minimum atomic E-state index is 0.325. The van der Waals surface area contributed by atoms with E-state index in [2.05, 4.69) is 31.2 Å². The molecule has 0 aliphatic heterocycles. The van der Waals surface area contributed by atoms with Crippen LogP contribution < -0.4 is 0 Å². The van der Waals surface area contributed by atoms with Crippen molar-refractivity contribution in [3.05, 3.63) is 24.3 Å². The minimum Gasteiger partial charge on any atom is -0.396 e. The predicted molar refractivity (Wildman–Crippen MR) is 68.0 cm³/mol. The molecule has 0 aromatic heterocycles. The number of aliphatic hydroxyl groups excluding tert-OH is 1. The van der Waals surface area contributed by atoms with E-state index in [1.165, 1.54) is 25.7 Å². The Kier molecular flexibility index (Phi) is 12.9. The molecule has 0 aliphatic rings. The molecule has 1 heteroatoms. The van der Waals surface area contributed by atoms with Crippen molar-refractivity contribution in [3.8, 4) is 0 Å². The highest BCUT2D eigenvalue weighted by Crippen LogP contribution is 2.01. The van der Waals surface area contributed by atoms with Crippen LogP contribution in [-0.2, 0) is 0 Å². The first kappa shape index (κ1) is 14.4. The molecule has 1 N–H and O–H groups in total. The summed E-state index contributed by atoms with van der Waals surface area (Å²) in [5, 5.41) is 8.57. The van der Waals surface area contributed by atoms with Gasteiger partial charge in [-0.25, -0.2) is 0 Å². The summed E-state index contributed by atoms with van der Waals surface area (Å²) in [7, 11) is 0. The molecule has 0 heterocycles. The molecule has 0 radical (unpaired) electrons. The third-order valence-electron chi connectivity index (χ3n) is 2.36. The van der Waals surface area contributed by atoms with Gasteiger partial charge in [0, 0.05) is 6.61 Å². The Morgan fingerprint density at radius 2 is 1.40 bits per heavy atom. The van der Waals surface area contributed by atoms with Crippen LogP contribution in [0.15, 0.2) is 24.3 Å². The zero-order valence-electron chi connectivity index (χ0n) is 10.1. The van der Waals surface area contributed by atoms with Gasteiger partial charge in [-0.15, -0.1) is 0 Å². The summed E-state index contributed by atoms with van der Waals surface area (Å²) in [6.45, 7) is 2.56. The molecule has 1 nitrogen and oxygen atoms in total. The lowest BCUT2D eigenvalue weighted by molar-refractivity contribution is 0.285. The van der Waals surface area contributed by atoms with E-state index in [4.69, 9.17) is 5.11 Å². The van der Waals surface area contributed by atoms with E-state index in [0.29, 0.717) is 6.61 Å². The van der Waals surface area contributed by atoms with Crippen molar-refractivity contribution in [1.29, 1.82) is 0 Å². The molecule has 0 saturated carbocycles. The maximum atomic E-state index is 8.57. The quantitative estimate of drug-likeness (QED) is 0.422. The first-order valence-corrected chi connectivity index (χ1v) is 6.32. The number of rotatable bonds is 10. The molecule has 0 amide bonds. The fraction of sp³-hybridized carbons (Fsp3) is 0.714. The molecule has 0 fully saturated rings. The average molecular weight is 210 g/mol. The van der Waals surface area contributed by atoms with Crippen molar-refractivity contribution < 1.29 is 5.11 Å². The molecular weight excluding hydrogens is 184 g/mol. The van der Waals surface area contributed by atoms with Gasteiger partial charge in [0.15, 0.2) is 0 Å². The van der Waals surface area contributed by atoms with Crippen molar-refractivity contribution in [2.24, 2.45) is 0 Å². The number of unbranched alkanes of at least 4 members (excludes halogenated alkanes) is 5. The van der Waals surface area contributed by atoms with E-state index in [0.717, 1.165) is 25.7 Å². The Balaban J connectivity index is 3.14. The Bertz CT molecular complexity index is 141. The van der Waals surface area contributed by atoms with Crippen LogP contribution in [0.25, 0.3) is 0 Å². The molecule has 0 unspecified atom stereocenters. The molecule has 0 saturated heterocycles. The van der Waals surface area contributed by atoms with Crippen LogP contribution in [0, 0.1) is 0 Å². The second-order valence-corrected chi connectivity index (χ2v) is 3.89. The molecule has 0 atom stereocenters. The smallest absolute Gasteiger partial charge is 0.0431 e. The molecule has 0 aliphatic carbocycles. The van der Waals surface area contributed by atoms with E-state index in [-0.39, 0.29) is 0 Å². The monoisotopic (exact) mass is 210 g/mol. The van der Waals surface area contributed by atoms with Crippen LogP contribution in [0.3, 0.4) is 0 Å². The number of hydrogen-bond acceptors (Lipinski definition) is 1. The lowest BCUT2D eigenvalue weighted by Gasteiger charge is -1.91. The van der Waals surface area contributed by atoms with Crippen molar-refractivity contribution in [1.82, 2.24) is 0 Å². The van der Waals surface area contributed by atoms with E-state index in [1.807, 2.05) is 0 Å². The molecular formula is C14H26O. The van der Waals surface area contributed by atoms with Crippen molar-refractivity contribution >= 4 is 0 Å². The standard InChI is InChI=1S/C14H26O/c1-2-3-4-5-6-7-8-9-10-11-12-13-14-15/h6-7,9-10,15H,2-5,8,11-14H2,1H3/b7-6-,10-9-. The largest absolute Gasteiger partial charge is 0.396 e. The van der Waals surface area contributed by atoms with Crippen LogP contribution in [0.4, 0.5) is 0 Å². The normalized spacial score (nSPS) is 11.9. The van der Waals surface area contributed by atoms with E-state index in [9.17, 15) is 0 Å². The topological polar surface area (TPSA) is 20.2 Å². The zero-order chi connectivity index (χ0) is 11.2. The molecule has 88 valence electrons. The number of aliphatic hydroxyl groups is 1. The average Bonchev–Trinajstić information content (AvgIpc) is 2.26. The highest BCUT2D eigenvalue weighted by atomic mass is 16.2. The maximum absolute atomic E-state index is 8.57. The molecule has 15 heavy (non-hydrogen) atoms. The summed E-state index contributed by atoms with van der Waals surface area (Å²) < 4.78 is 0. The lowest BCUT2D eigenvalue weighted by Crippen LogP contribution is -1.79. The highest BCUT2D eigenvalue weighted by molar-refractivity contribution is 4.92. The third kappa shape index (κ3) is 13.4. The zero-order valence-corrected chi connectivity index (χ0v) is 10.1. The van der Waals surface area contributed by atoms with Crippen LogP contribution in [0.1, 0.15) is 58.3 Å². The fourth-order valence-electron chi connectivity index (χ4n) is 1.39. The first-order chi connectivity index (χ1) is 7.41. The van der Waals surface area contributed by atoms with Crippen molar-refractivity contribution in [3.63, 3.8) is 0 Å². The molecule has 0 spiro atoms. The van der Waals surface area contributed by atoms with Crippen molar-refractivity contribution in [2.75, 3.05) is 6.61 Å². The van der Waals surface area contributed by atoms with E-state index < -0.39 is 0 Å². The summed E-state index contributed by atoms with van der Waals surface area (Å²) in [6.07, 6.45) is 18.4. The van der Waals surface area contributed by atoms with Gasteiger partial charge in [0.2, 0.25) is 0 Å². The molecule has 0 rings (SSSR count). The summed E-state index contributed by atoms with van der Waals surface area (Å²) in [5.41, 5.74) is 0. The number of hydrogen-bond donors (Lipinski definition) is 1. The highest BCUT2D eigenvalue weighted by Gasteiger charge is 1.82. The predicted octanol–water partition coefficient (Wildman–Crippen LogP) is 4.23. The van der Waals surface area contributed by atoms with Gasteiger partial charge in [0.05, 0.1) is 0 Å². The van der Waals surface area contributed by atoms with Crippen LogP contribution in [0.2, 0.25) is 0 Å². The minimum absolute atomic E-state index is 0.325. The molecule has 0 bridgehead atoms. The van der Waals surface area contributed by atoms with E-state index >= 15 is 0 Å². The maximum Gasteiger partial charge on any atom is 0.0431 e. The SMILES string of the molecule is CCCCC/C=C\C/C=C\CCCCO.